The highest BCUT2D eigenvalue weighted by Crippen LogP contribution is 2.31. The van der Waals surface area contributed by atoms with Gasteiger partial charge in [0.15, 0.2) is 4.32 Å². The number of hydrogen-bond donors (Lipinski definition) is 1. The third-order valence-electron chi connectivity index (χ3n) is 3.80. The van der Waals surface area contributed by atoms with Gasteiger partial charge in [0.2, 0.25) is 0 Å². The number of aromatic carboxylic acids is 1. The molecule has 0 bridgehead atoms. The Morgan fingerprint density at radius 1 is 1.14 bits per heavy atom. The van der Waals surface area contributed by atoms with E-state index < -0.39 is 28.4 Å². The molecule has 0 saturated carbocycles. The van der Waals surface area contributed by atoms with Gasteiger partial charge in [-0.3, -0.25) is 25.1 Å². The summed E-state index contributed by atoms with van der Waals surface area (Å²) in [6.07, 6.45) is 1.48. The van der Waals surface area contributed by atoms with Crippen LogP contribution in [0.15, 0.2) is 53.4 Å². The second-order valence-corrected chi connectivity index (χ2v) is 7.32. The van der Waals surface area contributed by atoms with Crippen LogP contribution in [-0.4, -0.2) is 32.0 Å². The second kappa shape index (κ2) is 8.20. The quantitative estimate of drug-likeness (QED) is 0.328. The Balaban J connectivity index is 1.80. The van der Waals surface area contributed by atoms with Gasteiger partial charge in [0, 0.05) is 6.07 Å². The Bertz CT molecular complexity index is 1080. The maximum atomic E-state index is 12.6. The molecule has 0 unspecified atom stereocenters. The number of amides is 2. The molecule has 0 atom stereocenters. The molecule has 1 heterocycles. The molecular weight excluding hydrogens is 418 g/mol. The molecule has 1 N–H and O–H groups in total. The van der Waals surface area contributed by atoms with Gasteiger partial charge in [0.05, 0.1) is 15.8 Å². The van der Waals surface area contributed by atoms with Crippen LogP contribution in [0, 0.1) is 10.1 Å². The Hall–Kier alpha value is -3.57. The summed E-state index contributed by atoms with van der Waals surface area (Å²) in [5.41, 5.74) is 2.20. The van der Waals surface area contributed by atoms with E-state index in [4.69, 9.17) is 12.2 Å². The molecule has 1 aliphatic heterocycles. The van der Waals surface area contributed by atoms with Crippen molar-refractivity contribution in [3.8, 4) is 0 Å². The Morgan fingerprint density at radius 3 is 2.41 bits per heavy atom. The summed E-state index contributed by atoms with van der Waals surface area (Å²) in [6.45, 7) is 0. The van der Waals surface area contributed by atoms with Gasteiger partial charge in [-0.2, -0.15) is 5.01 Å². The van der Waals surface area contributed by atoms with Gasteiger partial charge < -0.3 is 9.90 Å². The number of thiocarbonyl (C=S) groups is 1. The number of carboxylic acid groups (broad SMARTS) is 1. The van der Waals surface area contributed by atoms with Crippen molar-refractivity contribution in [1.29, 1.82) is 0 Å². The molecule has 0 radical (unpaired) electrons. The molecule has 2 aromatic carbocycles. The van der Waals surface area contributed by atoms with E-state index in [1.807, 2.05) is 0 Å². The number of carbonyl (C=O) groups excluding carboxylic acids is 3. The molecular formula is C18H10N3O6S2-. The number of nitrogens with zero attached hydrogens (tertiary/aromatic N) is 2. The van der Waals surface area contributed by atoms with E-state index >= 15 is 0 Å². The van der Waals surface area contributed by atoms with Gasteiger partial charge in [0.1, 0.15) is 5.56 Å². The number of nitro groups is 1. The lowest BCUT2D eigenvalue weighted by molar-refractivity contribution is -0.385. The largest absolute Gasteiger partial charge is 0.545 e. The van der Waals surface area contributed by atoms with Gasteiger partial charge in [-0.05, 0) is 35.5 Å². The zero-order valence-electron chi connectivity index (χ0n) is 14.4. The van der Waals surface area contributed by atoms with Crippen LogP contribution < -0.4 is 10.5 Å². The molecule has 146 valence electrons. The van der Waals surface area contributed by atoms with E-state index in [9.17, 15) is 29.6 Å². The highest BCUT2D eigenvalue weighted by molar-refractivity contribution is 8.26. The van der Waals surface area contributed by atoms with Crippen molar-refractivity contribution in [2.45, 2.75) is 0 Å². The first-order valence-corrected chi connectivity index (χ1v) is 9.14. The predicted molar refractivity (Wildman–Crippen MR) is 106 cm³/mol. The fourth-order valence-electron chi connectivity index (χ4n) is 2.42. The van der Waals surface area contributed by atoms with Crippen molar-refractivity contribution in [2.75, 3.05) is 0 Å². The van der Waals surface area contributed by atoms with Crippen LogP contribution in [0.25, 0.3) is 6.08 Å². The lowest BCUT2D eigenvalue weighted by atomic mass is 10.1. The zero-order valence-corrected chi connectivity index (χ0v) is 16.0. The van der Waals surface area contributed by atoms with Gasteiger partial charge in [-0.25, -0.2) is 0 Å². The molecule has 9 nitrogen and oxygen atoms in total. The standard InChI is InChI=1S/C18H11N3O6S2/c22-15(12-3-1-2-4-13(12)21(26)27)19-20-16(23)14(29-18(20)28)9-10-5-7-11(8-6-10)17(24)25/h1-9H,(H,19,22)(H,24,25)/p-1/b14-9-. The predicted octanol–water partition coefficient (Wildman–Crippen LogP) is 1.50. The van der Waals surface area contributed by atoms with Crippen LogP contribution in [0.2, 0.25) is 0 Å². The topological polar surface area (TPSA) is 133 Å². The van der Waals surface area contributed by atoms with E-state index in [2.05, 4.69) is 5.43 Å². The van der Waals surface area contributed by atoms with Gasteiger partial charge >= 0.3 is 0 Å². The van der Waals surface area contributed by atoms with Gasteiger partial charge in [0.25, 0.3) is 17.5 Å². The summed E-state index contributed by atoms with van der Waals surface area (Å²) in [7, 11) is 0. The molecule has 0 spiro atoms. The molecule has 0 aromatic heterocycles. The van der Waals surface area contributed by atoms with E-state index in [-0.39, 0.29) is 20.4 Å². The van der Waals surface area contributed by atoms with Crippen molar-refractivity contribution in [1.82, 2.24) is 10.4 Å². The van der Waals surface area contributed by atoms with E-state index in [0.717, 1.165) is 16.8 Å². The summed E-state index contributed by atoms with van der Waals surface area (Å²) < 4.78 is 0.0412. The van der Waals surface area contributed by atoms with Crippen LogP contribution in [-0.2, 0) is 4.79 Å². The zero-order chi connectivity index (χ0) is 21.1. The van der Waals surface area contributed by atoms with E-state index in [0.29, 0.717) is 5.56 Å². The number of hydrogen-bond acceptors (Lipinski definition) is 8. The normalized spacial score (nSPS) is 14.9. The van der Waals surface area contributed by atoms with Crippen LogP contribution >= 0.6 is 24.0 Å². The highest BCUT2D eigenvalue weighted by Gasteiger charge is 2.34. The Morgan fingerprint density at radius 2 is 1.79 bits per heavy atom. The number of hydrazine groups is 1. The second-order valence-electron chi connectivity index (χ2n) is 5.64. The third-order valence-corrected chi connectivity index (χ3v) is 5.10. The monoisotopic (exact) mass is 428 g/mol. The Labute approximate surface area is 173 Å². The van der Waals surface area contributed by atoms with Crippen molar-refractivity contribution in [3.05, 3.63) is 80.2 Å². The first kappa shape index (κ1) is 20.2. The van der Waals surface area contributed by atoms with Crippen molar-refractivity contribution < 1.29 is 24.4 Å². The van der Waals surface area contributed by atoms with Crippen LogP contribution in [0.1, 0.15) is 26.3 Å². The molecule has 1 fully saturated rings. The lowest BCUT2D eigenvalue weighted by Gasteiger charge is -2.15. The number of nitrogens with one attached hydrogen (secondary N) is 1. The number of nitro benzene ring substituents is 1. The molecule has 2 aromatic rings. The first-order chi connectivity index (χ1) is 13.8. The number of thioether (sulfide) groups is 1. The minimum Gasteiger partial charge on any atom is -0.545 e. The molecule has 11 heteroatoms. The minimum atomic E-state index is -1.32. The number of benzene rings is 2. The Kier molecular flexibility index (Phi) is 5.71. The average molecular weight is 428 g/mol. The summed E-state index contributed by atoms with van der Waals surface area (Å²) in [6, 6.07) is 11.0. The summed E-state index contributed by atoms with van der Waals surface area (Å²) in [5, 5.41) is 22.7. The molecule has 1 aliphatic rings. The third kappa shape index (κ3) is 4.31. The van der Waals surface area contributed by atoms with Gasteiger partial charge in [-0.1, -0.05) is 48.2 Å². The van der Waals surface area contributed by atoms with E-state index in [1.54, 1.807) is 0 Å². The number of rotatable bonds is 5. The molecule has 29 heavy (non-hydrogen) atoms. The SMILES string of the molecule is O=C([O-])c1ccc(/C=C2\SC(=S)N(NC(=O)c3ccccc3[N+](=O)[O-])C2=O)cc1. The summed E-state index contributed by atoms with van der Waals surface area (Å²) in [4.78, 5) is 46.4. The fraction of sp³-hybridized carbons (Fsp3) is 0. The number of para-hydroxylation sites is 1. The average Bonchev–Trinajstić information content (AvgIpc) is 2.95. The summed E-state index contributed by atoms with van der Waals surface area (Å²) >= 11 is 6.04. The number of carboxylic acids is 1. The van der Waals surface area contributed by atoms with Crippen LogP contribution in [0.5, 0.6) is 0 Å². The minimum absolute atomic E-state index is 0.00795. The van der Waals surface area contributed by atoms with Crippen LogP contribution in [0.4, 0.5) is 5.69 Å². The highest BCUT2D eigenvalue weighted by atomic mass is 32.2. The maximum absolute atomic E-state index is 12.6. The van der Waals surface area contributed by atoms with Crippen LogP contribution in [0.3, 0.4) is 0 Å². The van der Waals surface area contributed by atoms with Gasteiger partial charge in [-0.15, -0.1) is 0 Å². The van der Waals surface area contributed by atoms with Crippen molar-refractivity contribution in [3.63, 3.8) is 0 Å². The smallest absolute Gasteiger partial charge is 0.285 e. The maximum Gasteiger partial charge on any atom is 0.285 e. The molecule has 2 amide bonds. The van der Waals surface area contributed by atoms with E-state index in [1.165, 1.54) is 54.6 Å². The molecule has 1 saturated heterocycles. The van der Waals surface area contributed by atoms with Crippen molar-refractivity contribution in [2.24, 2.45) is 0 Å². The number of carbonyl (C=O) groups is 3. The van der Waals surface area contributed by atoms with Crippen molar-refractivity contribution >= 4 is 57.8 Å². The molecule has 3 rings (SSSR count). The first-order valence-electron chi connectivity index (χ1n) is 7.91. The lowest BCUT2D eigenvalue weighted by Crippen LogP contribution is -2.45. The fourth-order valence-corrected chi connectivity index (χ4v) is 3.60. The summed E-state index contributed by atoms with van der Waals surface area (Å²) in [5.74, 6) is -2.79. The molecule has 0 aliphatic carbocycles.